The average Bonchev–Trinajstić information content (AvgIpc) is 2.69. The molecule has 0 aliphatic rings. The highest BCUT2D eigenvalue weighted by molar-refractivity contribution is 6.30. The molecule has 0 aliphatic carbocycles. The van der Waals surface area contributed by atoms with Gasteiger partial charge in [-0.1, -0.05) is 23.7 Å². The molecular weight excluding hydrogens is 297 g/mol. The Morgan fingerprint density at radius 1 is 1.35 bits per heavy atom. The van der Waals surface area contributed by atoms with Crippen LogP contribution in [0, 0.1) is 0 Å². The molecular formula is C12H8ClF3N2O2. The van der Waals surface area contributed by atoms with Gasteiger partial charge < -0.3 is 5.11 Å². The van der Waals surface area contributed by atoms with E-state index in [0.717, 1.165) is 16.9 Å². The normalized spacial score (nSPS) is 11.6. The molecule has 0 bridgehead atoms. The maximum absolute atomic E-state index is 12.9. The van der Waals surface area contributed by atoms with Gasteiger partial charge in [0.2, 0.25) is 0 Å². The number of hydrogen-bond acceptors (Lipinski definition) is 2. The van der Waals surface area contributed by atoms with Crippen LogP contribution in [0.2, 0.25) is 5.15 Å². The molecule has 1 heterocycles. The summed E-state index contributed by atoms with van der Waals surface area (Å²) in [6.07, 6.45) is -3.82. The molecule has 2 rings (SSSR count). The molecule has 20 heavy (non-hydrogen) atoms. The van der Waals surface area contributed by atoms with Gasteiger partial charge >= 0.3 is 12.1 Å². The second-order valence-corrected chi connectivity index (χ2v) is 4.32. The van der Waals surface area contributed by atoms with Gasteiger partial charge in [0.1, 0.15) is 5.15 Å². The second-order valence-electron chi connectivity index (χ2n) is 3.96. The smallest absolute Gasteiger partial charge is 0.418 e. The summed E-state index contributed by atoms with van der Waals surface area (Å²) < 4.78 is 39.6. The molecule has 8 heteroatoms. The summed E-state index contributed by atoms with van der Waals surface area (Å²) in [5.74, 6) is -1.14. The van der Waals surface area contributed by atoms with Crippen molar-refractivity contribution < 1.29 is 23.1 Å². The first kappa shape index (κ1) is 14.4. The number of rotatable bonds is 3. The largest absolute Gasteiger partial charge is 0.481 e. The van der Waals surface area contributed by atoms with Gasteiger partial charge in [-0.05, 0) is 12.1 Å². The lowest BCUT2D eigenvalue weighted by Gasteiger charge is -2.13. The lowest BCUT2D eigenvalue weighted by atomic mass is 10.1. The average molecular weight is 305 g/mol. The summed E-state index contributed by atoms with van der Waals surface area (Å²) in [4.78, 5) is 10.6. The lowest BCUT2D eigenvalue weighted by molar-refractivity contribution is -0.138. The Labute approximate surface area is 116 Å². The van der Waals surface area contributed by atoms with Crippen LogP contribution in [0.5, 0.6) is 0 Å². The molecule has 0 amide bonds. The fraction of sp³-hybridized carbons (Fsp3) is 0.167. The van der Waals surface area contributed by atoms with Crippen LogP contribution in [0.1, 0.15) is 11.1 Å². The number of carboxylic acid groups (broad SMARTS) is 1. The Balaban J connectivity index is 2.53. The van der Waals surface area contributed by atoms with Gasteiger partial charge in [0, 0.05) is 5.56 Å². The van der Waals surface area contributed by atoms with Crippen molar-refractivity contribution in [2.24, 2.45) is 0 Å². The van der Waals surface area contributed by atoms with E-state index in [4.69, 9.17) is 16.7 Å². The predicted octanol–water partition coefficient (Wildman–Crippen LogP) is 3.17. The number of aliphatic carboxylic acids is 1. The van der Waals surface area contributed by atoms with Gasteiger partial charge in [-0.15, -0.1) is 0 Å². The zero-order valence-corrected chi connectivity index (χ0v) is 10.6. The molecule has 1 aromatic heterocycles. The standard InChI is InChI=1S/C12H8ClF3N2O2/c13-11-7(5-10(19)20)6-17-18(11)9-4-2-1-3-8(9)12(14,15)16/h1-4,6H,5H2,(H,19,20). The molecule has 0 saturated carbocycles. The van der Waals surface area contributed by atoms with Crippen LogP contribution in [0.3, 0.4) is 0 Å². The summed E-state index contributed by atoms with van der Waals surface area (Å²) in [5, 5.41) is 12.3. The molecule has 1 N–H and O–H groups in total. The number of aromatic nitrogens is 2. The summed E-state index contributed by atoms with van der Waals surface area (Å²) in [5.41, 5.74) is -0.996. The van der Waals surface area contributed by atoms with Gasteiger partial charge in [-0.2, -0.15) is 18.3 Å². The highest BCUT2D eigenvalue weighted by Gasteiger charge is 2.34. The zero-order valence-electron chi connectivity index (χ0n) is 9.86. The fourth-order valence-electron chi connectivity index (χ4n) is 1.71. The van der Waals surface area contributed by atoms with E-state index in [0.29, 0.717) is 0 Å². The van der Waals surface area contributed by atoms with E-state index in [9.17, 15) is 18.0 Å². The second kappa shape index (κ2) is 5.16. The number of nitrogens with zero attached hydrogens (tertiary/aromatic N) is 2. The van der Waals surface area contributed by atoms with E-state index in [1.807, 2.05) is 0 Å². The maximum Gasteiger partial charge on any atom is 0.418 e. The molecule has 1 aromatic carbocycles. The minimum atomic E-state index is -4.56. The molecule has 0 unspecified atom stereocenters. The zero-order chi connectivity index (χ0) is 14.9. The van der Waals surface area contributed by atoms with E-state index in [1.54, 1.807) is 0 Å². The van der Waals surface area contributed by atoms with Crippen LogP contribution in [0.25, 0.3) is 5.69 Å². The topological polar surface area (TPSA) is 55.1 Å². The number of carbonyl (C=O) groups is 1. The van der Waals surface area contributed by atoms with Crippen molar-refractivity contribution in [1.82, 2.24) is 9.78 Å². The van der Waals surface area contributed by atoms with E-state index in [2.05, 4.69) is 5.10 Å². The van der Waals surface area contributed by atoms with Crippen LogP contribution < -0.4 is 0 Å². The Hall–Kier alpha value is -2.02. The third-order valence-electron chi connectivity index (χ3n) is 2.56. The monoisotopic (exact) mass is 304 g/mol. The Morgan fingerprint density at radius 3 is 2.60 bits per heavy atom. The van der Waals surface area contributed by atoms with E-state index in [1.165, 1.54) is 18.2 Å². The third kappa shape index (κ3) is 2.77. The quantitative estimate of drug-likeness (QED) is 0.947. The summed E-state index contributed by atoms with van der Waals surface area (Å²) >= 11 is 5.89. The van der Waals surface area contributed by atoms with Gasteiger partial charge in [-0.3, -0.25) is 4.79 Å². The summed E-state index contributed by atoms with van der Waals surface area (Å²) in [6, 6.07) is 4.79. The van der Waals surface area contributed by atoms with E-state index >= 15 is 0 Å². The van der Waals surface area contributed by atoms with Crippen LogP contribution >= 0.6 is 11.6 Å². The Bertz CT molecular complexity index is 652. The van der Waals surface area contributed by atoms with Crippen LogP contribution in [-0.2, 0) is 17.4 Å². The van der Waals surface area contributed by atoms with Crippen molar-refractivity contribution in [3.63, 3.8) is 0 Å². The van der Waals surface area contributed by atoms with Gasteiger partial charge in [-0.25, -0.2) is 4.68 Å². The summed E-state index contributed by atoms with van der Waals surface area (Å²) in [6.45, 7) is 0. The first-order valence-corrected chi connectivity index (χ1v) is 5.79. The van der Waals surface area contributed by atoms with Crippen molar-refractivity contribution >= 4 is 17.6 Å². The molecule has 4 nitrogen and oxygen atoms in total. The Morgan fingerprint density at radius 2 is 2.00 bits per heavy atom. The number of halogens is 4. The van der Waals surface area contributed by atoms with Crippen molar-refractivity contribution in [1.29, 1.82) is 0 Å². The van der Waals surface area contributed by atoms with Crippen molar-refractivity contribution in [2.75, 3.05) is 0 Å². The highest BCUT2D eigenvalue weighted by Crippen LogP contribution is 2.34. The molecule has 0 radical (unpaired) electrons. The predicted molar refractivity (Wildman–Crippen MR) is 64.9 cm³/mol. The van der Waals surface area contributed by atoms with Crippen LogP contribution in [0.15, 0.2) is 30.5 Å². The SMILES string of the molecule is O=C(O)Cc1cnn(-c2ccccc2C(F)(F)F)c1Cl. The number of hydrogen-bond donors (Lipinski definition) is 1. The number of alkyl halides is 3. The molecule has 0 atom stereocenters. The van der Waals surface area contributed by atoms with Gasteiger partial charge in [0.25, 0.3) is 0 Å². The number of para-hydroxylation sites is 1. The van der Waals surface area contributed by atoms with Crippen molar-refractivity contribution in [3.05, 3.63) is 46.7 Å². The van der Waals surface area contributed by atoms with Crippen LogP contribution in [-0.4, -0.2) is 20.9 Å². The molecule has 0 aliphatic heterocycles. The molecule has 106 valence electrons. The highest BCUT2D eigenvalue weighted by atomic mass is 35.5. The number of benzene rings is 1. The van der Waals surface area contributed by atoms with E-state index < -0.39 is 24.1 Å². The minimum absolute atomic E-state index is 0.149. The lowest BCUT2D eigenvalue weighted by Crippen LogP contribution is -2.11. The Kier molecular flexibility index (Phi) is 3.71. The van der Waals surface area contributed by atoms with Crippen molar-refractivity contribution in [3.8, 4) is 5.69 Å². The molecule has 0 spiro atoms. The molecule has 2 aromatic rings. The number of carboxylic acids is 1. The van der Waals surface area contributed by atoms with E-state index in [-0.39, 0.29) is 16.4 Å². The van der Waals surface area contributed by atoms with Crippen molar-refractivity contribution in [2.45, 2.75) is 12.6 Å². The maximum atomic E-state index is 12.9. The minimum Gasteiger partial charge on any atom is -0.481 e. The molecule has 0 saturated heterocycles. The summed E-state index contributed by atoms with van der Waals surface area (Å²) in [7, 11) is 0. The molecule has 0 fully saturated rings. The first-order valence-electron chi connectivity index (χ1n) is 5.41. The third-order valence-corrected chi connectivity index (χ3v) is 2.96. The van der Waals surface area contributed by atoms with Crippen LogP contribution in [0.4, 0.5) is 13.2 Å². The fourth-order valence-corrected chi connectivity index (χ4v) is 1.97. The first-order chi connectivity index (χ1) is 9.30. The van der Waals surface area contributed by atoms with Gasteiger partial charge in [0.15, 0.2) is 0 Å². The van der Waals surface area contributed by atoms with Gasteiger partial charge in [0.05, 0.1) is 23.9 Å².